The van der Waals surface area contributed by atoms with Crippen LogP contribution in [-0.4, -0.2) is 26.0 Å². The molecule has 5 heteroatoms. The lowest BCUT2D eigenvalue weighted by Gasteiger charge is -2.11. The van der Waals surface area contributed by atoms with Crippen LogP contribution in [0.5, 0.6) is 5.75 Å². The molecular weight excluding hydrogens is 222 g/mol. The molecule has 0 fully saturated rings. The quantitative estimate of drug-likeness (QED) is 0.355. The van der Waals surface area contributed by atoms with Gasteiger partial charge < -0.3 is 19.9 Å². The molecule has 0 bridgehead atoms. The van der Waals surface area contributed by atoms with Gasteiger partial charge in [-0.05, 0) is 26.0 Å². The molecule has 1 aromatic carbocycles. The summed E-state index contributed by atoms with van der Waals surface area (Å²) in [5.41, 5.74) is 6.31. The van der Waals surface area contributed by atoms with Crippen molar-refractivity contribution in [3.05, 3.63) is 23.8 Å². The fourth-order valence-electron chi connectivity index (χ4n) is 1.29. The average molecular weight is 239 g/mol. The lowest BCUT2D eigenvalue weighted by molar-refractivity contribution is -0.0275. The third kappa shape index (κ3) is 3.64. The number of nitrogen functional groups attached to an aromatic ring is 1. The molecular formula is C12H17NO4. The first kappa shape index (κ1) is 13.3. The monoisotopic (exact) mass is 239 g/mol. The van der Waals surface area contributed by atoms with Crippen molar-refractivity contribution in [1.82, 2.24) is 0 Å². The highest BCUT2D eigenvalue weighted by Crippen LogP contribution is 2.25. The Labute approximate surface area is 100 Å². The third-order valence-corrected chi connectivity index (χ3v) is 2.04. The van der Waals surface area contributed by atoms with E-state index >= 15 is 0 Å². The van der Waals surface area contributed by atoms with E-state index in [0.29, 0.717) is 24.7 Å². The minimum absolute atomic E-state index is 0.0881. The number of carbonyl (C=O) groups is 1. The number of carbonyl (C=O) groups excluding carboxylic acids is 1. The molecule has 2 N–H and O–H groups in total. The summed E-state index contributed by atoms with van der Waals surface area (Å²) < 4.78 is 15.2. The summed E-state index contributed by atoms with van der Waals surface area (Å²) in [4.78, 5) is 11.8. The van der Waals surface area contributed by atoms with E-state index in [1.807, 2.05) is 13.8 Å². The average Bonchev–Trinajstić information content (AvgIpc) is 2.30. The number of rotatable bonds is 6. The van der Waals surface area contributed by atoms with Crippen LogP contribution in [0.2, 0.25) is 0 Å². The van der Waals surface area contributed by atoms with E-state index in [0.717, 1.165) is 0 Å². The summed E-state index contributed by atoms with van der Waals surface area (Å²) in [6, 6.07) is 5.02. The molecule has 5 nitrogen and oxygen atoms in total. The Morgan fingerprint density at radius 3 is 2.71 bits per heavy atom. The third-order valence-electron chi connectivity index (χ3n) is 2.04. The number of anilines is 1. The molecule has 0 radical (unpaired) electrons. The van der Waals surface area contributed by atoms with Crippen molar-refractivity contribution < 1.29 is 19.0 Å². The lowest BCUT2D eigenvalue weighted by Crippen LogP contribution is -2.13. The molecule has 17 heavy (non-hydrogen) atoms. The van der Waals surface area contributed by atoms with Crippen LogP contribution >= 0.6 is 0 Å². The van der Waals surface area contributed by atoms with Crippen molar-refractivity contribution in [3.8, 4) is 5.75 Å². The molecule has 0 atom stereocenters. The van der Waals surface area contributed by atoms with Gasteiger partial charge in [-0.2, -0.15) is 0 Å². The number of benzene rings is 1. The first-order chi connectivity index (χ1) is 8.20. The number of hydrogen-bond donors (Lipinski definition) is 1. The van der Waals surface area contributed by atoms with Gasteiger partial charge in [0.15, 0.2) is 6.79 Å². The minimum atomic E-state index is -0.542. The molecule has 0 saturated heterocycles. The van der Waals surface area contributed by atoms with Crippen LogP contribution in [0.4, 0.5) is 5.69 Å². The van der Waals surface area contributed by atoms with E-state index in [1.54, 1.807) is 18.2 Å². The minimum Gasteiger partial charge on any atom is -0.493 e. The highest BCUT2D eigenvalue weighted by Gasteiger charge is 2.17. The van der Waals surface area contributed by atoms with Gasteiger partial charge in [0.25, 0.3) is 0 Å². The van der Waals surface area contributed by atoms with Gasteiger partial charge in [0, 0.05) is 12.3 Å². The highest BCUT2D eigenvalue weighted by molar-refractivity contribution is 5.98. The maximum absolute atomic E-state index is 11.8. The van der Waals surface area contributed by atoms with Crippen molar-refractivity contribution in [2.75, 3.05) is 25.7 Å². The predicted octanol–water partition coefficient (Wildman–Crippen LogP) is 1.82. The first-order valence-corrected chi connectivity index (χ1v) is 5.46. The van der Waals surface area contributed by atoms with Gasteiger partial charge in [-0.1, -0.05) is 6.07 Å². The topological polar surface area (TPSA) is 70.8 Å². The summed E-state index contributed by atoms with van der Waals surface area (Å²) >= 11 is 0. The van der Waals surface area contributed by atoms with Crippen molar-refractivity contribution in [1.29, 1.82) is 0 Å². The zero-order chi connectivity index (χ0) is 12.7. The van der Waals surface area contributed by atoms with Crippen LogP contribution in [0.15, 0.2) is 18.2 Å². The molecule has 0 unspecified atom stereocenters. The predicted molar refractivity (Wildman–Crippen MR) is 63.9 cm³/mol. The van der Waals surface area contributed by atoms with Crippen LogP contribution in [0.1, 0.15) is 24.2 Å². The second kappa shape index (κ2) is 6.75. The Bertz CT molecular complexity index is 379. The van der Waals surface area contributed by atoms with Crippen molar-refractivity contribution >= 4 is 11.7 Å². The largest absolute Gasteiger partial charge is 0.493 e. The molecule has 0 amide bonds. The Balaban J connectivity index is 2.83. The molecule has 1 rings (SSSR count). The SMILES string of the molecule is CCOCOC(=O)c1c(N)cccc1OCC. The van der Waals surface area contributed by atoms with E-state index in [2.05, 4.69) is 0 Å². The maximum Gasteiger partial charge on any atom is 0.346 e. The normalized spacial score (nSPS) is 10.0. The molecule has 0 aliphatic carbocycles. The van der Waals surface area contributed by atoms with E-state index in [1.165, 1.54) is 0 Å². The molecule has 0 spiro atoms. The second-order valence-corrected chi connectivity index (χ2v) is 3.20. The molecule has 94 valence electrons. The Kier molecular flexibility index (Phi) is 5.29. The van der Waals surface area contributed by atoms with Crippen molar-refractivity contribution in [2.24, 2.45) is 0 Å². The summed E-state index contributed by atoms with van der Waals surface area (Å²) in [5.74, 6) is -0.117. The van der Waals surface area contributed by atoms with Crippen LogP contribution in [0.3, 0.4) is 0 Å². The van der Waals surface area contributed by atoms with E-state index in [-0.39, 0.29) is 12.4 Å². The Hall–Kier alpha value is -1.75. The summed E-state index contributed by atoms with van der Waals surface area (Å²) in [5, 5.41) is 0. The molecule has 0 aliphatic rings. The van der Waals surface area contributed by atoms with Gasteiger partial charge in [-0.15, -0.1) is 0 Å². The number of nitrogens with two attached hydrogens (primary N) is 1. The van der Waals surface area contributed by atoms with Crippen LogP contribution in [0, 0.1) is 0 Å². The van der Waals surface area contributed by atoms with Crippen LogP contribution in [0.25, 0.3) is 0 Å². The van der Waals surface area contributed by atoms with E-state index < -0.39 is 5.97 Å². The number of esters is 1. The maximum atomic E-state index is 11.8. The summed E-state index contributed by atoms with van der Waals surface area (Å²) in [6.45, 7) is 4.50. The zero-order valence-corrected chi connectivity index (χ0v) is 10.1. The van der Waals surface area contributed by atoms with E-state index in [4.69, 9.17) is 19.9 Å². The van der Waals surface area contributed by atoms with Gasteiger partial charge in [-0.3, -0.25) is 0 Å². The van der Waals surface area contributed by atoms with Gasteiger partial charge in [0.2, 0.25) is 0 Å². The molecule has 0 heterocycles. The smallest absolute Gasteiger partial charge is 0.346 e. The van der Waals surface area contributed by atoms with Crippen molar-refractivity contribution in [3.63, 3.8) is 0 Å². The van der Waals surface area contributed by atoms with Crippen LogP contribution < -0.4 is 10.5 Å². The Morgan fingerprint density at radius 1 is 1.29 bits per heavy atom. The van der Waals surface area contributed by atoms with Gasteiger partial charge in [0.1, 0.15) is 11.3 Å². The molecule has 0 saturated carbocycles. The number of ether oxygens (including phenoxy) is 3. The van der Waals surface area contributed by atoms with Crippen LogP contribution in [-0.2, 0) is 9.47 Å². The van der Waals surface area contributed by atoms with E-state index in [9.17, 15) is 4.79 Å². The molecule has 1 aromatic rings. The second-order valence-electron chi connectivity index (χ2n) is 3.20. The first-order valence-electron chi connectivity index (χ1n) is 5.46. The Morgan fingerprint density at radius 2 is 2.06 bits per heavy atom. The summed E-state index contributed by atoms with van der Waals surface area (Å²) in [7, 11) is 0. The summed E-state index contributed by atoms with van der Waals surface area (Å²) in [6.07, 6.45) is 0. The van der Waals surface area contributed by atoms with Crippen molar-refractivity contribution in [2.45, 2.75) is 13.8 Å². The van der Waals surface area contributed by atoms with Gasteiger partial charge in [0.05, 0.1) is 6.61 Å². The fourth-order valence-corrected chi connectivity index (χ4v) is 1.29. The fraction of sp³-hybridized carbons (Fsp3) is 0.417. The number of hydrogen-bond acceptors (Lipinski definition) is 5. The standard InChI is InChI=1S/C12H17NO4/c1-3-15-8-17-12(14)11-9(13)6-5-7-10(11)16-4-2/h5-7H,3-4,8,13H2,1-2H3. The lowest BCUT2D eigenvalue weighted by atomic mass is 10.1. The van der Waals surface area contributed by atoms with Gasteiger partial charge in [-0.25, -0.2) is 4.79 Å². The zero-order valence-electron chi connectivity index (χ0n) is 10.1. The highest BCUT2D eigenvalue weighted by atomic mass is 16.7. The molecule has 0 aromatic heterocycles. The molecule has 0 aliphatic heterocycles. The van der Waals surface area contributed by atoms with Gasteiger partial charge >= 0.3 is 5.97 Å².